The molecular formula is C13H20BN2O2P. The van der Waals surface area contributed by atoms with Gasteiger partial charge in [0.1, 0.15) is 14.5 Å². The minimum Gasteiger partial charge on any atom is -0.445 e. The second-order valence-electron chi connectivity index (χ2n) is 5.01. The number of rotatable bonds is 3. The van der Waals surface area contributed by atoms with Crippen molar-refractivity contribution in [1.29, 1.82) is 0 Å². The van der Waals surface area contributed by atoms with E-state index in [1.807, 2.05) is 30.3 Å². The Morgan fingerprint density at radius 2 is 2.21 bits per heavy atom. The van der Waals surface area contributed by atoms with E-state index in [4.69, 9.17) is 4.74 Å². The van der Waals surface area contributed by atoms with Crippen LogP contribution >= 0.6 is 9.39 Å². The van der Waals surface area contributed by atoms with Crippen LogP contribution in [0.5, 0.6) is 0 Å². The fourth-order valence-electron chi connectivity index (χ4n) is 2.25. The average Bonchev–Trinajstić information content (AvgIpc) is 2.42. The first-order valence-electron chi connectivity index (χ1n) is 6.63. The largest absolute Gasteiger partial charge is 0.445 e. The number of carbonyl (C=O) groups excluding carboxylic acids is 1. The lowest BCUT2D eigenvalue weighted by atomic mass is 9.86. The van der Waals surface area contributed by atoms with Gasteiger partial charge in [0.25, 0.3) is 0 Å². The molecule has 3 atom stereocenters. The Hall–Kier alpha value is -1.06. The second-order valence-corrected chi connectivity index (χ2v) is 5.68. The van der Waals surface area contributed by atoms with Gasteiger partial charge in [-0.25, -0.2) is 4.79 Å². The van der Waals surface area contributed by atoms with Gasteiger partial charge in [0.05, 0.1) is 0 Å². The molecule has 0 aromatic heterocycles. The SMILES string of the molecule is BC1CC(NC(=O)OCc2ccccc2)CCN1P. The van der Waals surface area contributed by atoms with E-state index in [0.717, 1.165) is 24.9 Å². The van der Waals surface area contributed by atoms with E-state index >= 15 is 0 Å². The number of ether oxygens (including phenoxy) is 1. The van der Waals surface area contributed by atoms with E-state index in [-0.39, 0.29) is 12.1 Å². The molecule has 1 aliphatic heterocycles. The molecule has 0 spiro atoms. The van der Waals surface area contributed by atoms with E-state index in [1.165, 1.54) is 0 Å². The van der Waals surface area contributed by atoms with Crippen LogP contribution in [0.4, 0.5) is 4.79 Å². The van der Waals surface area contributed by atoms with Crippen LogP contribution in [0.25, 0.3) is 0 Å². The predicted octanol–water partition coefficient (Wildman–Crippen LogP) is 1.13. The molecular weight excluding hydrogens is 258 g/mol. The van der Waals surface area contributed by atoms with E-state index in [1.54, 1.807) is 0 Å². The van der Waals surface area contributed by atoms with Crippen molar-refractivity contribution in [1.82, 2.24) is 9.99 Å². The maximum absolute atomic E-state index is 11.7. The normalized spacial score (nSPS) is 23.8. The molecule has 0 aliphatic carbocycles. The van der Waals surface area contributed by atoms with Crippen LogP contribution in [0.2, 0.25) is 0 Å². The van der Waals surface area contributed by atoms with Gasteiger partial charge < -0.3 is 10.1 Å². The minimum absolute atomic E-state index is 0.218. The highest BCUT2D eigenvalue weighted by Gasteiger charge is 2.24. The Kier molecular flexibility index (Phi) is 5.23. The molecule has 2 rings (SSSR count). The average molecular weight is 278 g/mol. The number of benzene rings is 1. The number of hydrogen-bond donors (Lipinski definition) is 1. The van der Waals surface area contributed by atoms with Crippen molar-refractivity contribution < 1.29 is 9.53 Å². The first-order valence-corrected chi connectivity index (χ1v) is 7.15. The summed E-state index contributed by atoms with van der Waals surface area (Å²) >= 11 is 0. The maximum Gasteiger partial charge on any atom is 0.407 e. The molecule has 0 bridgehead atoms. The summed E-state index contributed by atoms with van der Waals surface area (Å²) in [4.78, 5) is 11.7. The third-order valence-electron chi connectivity index (χ3n) is 3.46. The summed E-state index contributed by atoms with van der Waals surface area (Å²) in [7, 11) is 4.90. The second kappa shape index (κ2) is 6.92. The molecule has 1 aromatic carbocycles. The molecule has 1 fully saturated rings. The van der Waals surface area contributed by atoms with Gasteiger partial charge in [0, 0.05) is 12.6 Å². The van der Waals surface area contributed by atoms with Gasteiger partial charge in [-0.05, 0) is 24.3 Å². The lowest BCUT2D eigenvalue weighted by molar-refractivity contribution is 0.131. The smallest absolute Gasteiger partial charge is 0.407 e. The van der Waals surface area contributed by atoms with Gasteiger partial charge in [-0.3, -0.25) is 4.67 Å². The van der Waals surface area contributed by atoms with Crippen LogP contribution in [0.1, 0.15) is 18.4 Å². The summed E-state index contributed by atoms with van der Waals surface area (Å²) in [5, 5.41) is 2.94. The van der Waals surface area contributed by atoms with Crippen molar-refractivity contribution in [3.05, 3.63) is 35.9 Å². The molecule has 1 heterocycles. The summed E-state index contributed by atoms with van der Waals surface area (Å²) in [5.41, 5.74) is 1.01. The van der Waals surface area contributed by atoms with Crippen molar-refractivity contribution in [2.24, 2.45) is 0 Å². The summed E-state index contributed by atoms with van der Waals surface area (Å²) in [6, 6.07) is 9.93. The van der Waals surface area contributed by atoms with E-state index in [2.05, 4.69) is 27.2 Å². The van der Waals surface area contributed by atoms with Crippen LogP contribution < -0.4 is 5.32 Å². The highest BCUT2D eigenvalue weighted by atomic mass is 31.0. The van der Waals surface area contributed by atoms with Gasteiger partial charge >= 0.3 is 6.09 Å². The minimum atomic E-state index is -0.321. The van der Waals surface area contributed by atoms with Gasteiger partial charge in [-0.15, -0.1) is 0 Å². The molecule has 1 saturated heterocycles. The topological polar surface area (TPSA) is 41.6 Å². The molecule has 4 nitrogen and oxygen atoms in total. The predicted molar refractivity (Wildman–Crippen MR) is 81.5 cm³/mol. The number of nitrogens with one attached hydrogen (secondary N) is 1. The maximum atomic E-state index is 11.7. The van der Waals surface area contributed by atoms with Crippen LogP contribution in [0.15, 0.2) is 30.3 Å². The van der Waals surface area contributed by atoms with Crippen LogP contribution in [0.3, 0.4) is 0 Å². The molecule has 19 heavy (non-hydrogen) atoms. The zero-order valence-corrected chi connectivity index (χ0v) is 12.4. The number of carbonyl (C=O) groups is 1. The first-order chi connectivity index (χ1) is 9.15. The molecule has 1 amide bonds. The van der Waals surface area contributed by atoms with Crippen LogP contribution in [-0.4, -0.2) is 37.1 Å². The van der Waals surface area contributed by atoms with Gasteiger partial charge in [0.15, 0.2) is 0 Å². The Labute approximate surface area is 117 Å². The van der Waals surface area contributed by atoms with Crippen molar-refractivity contribution in [2.45, 2.75) is 31.4 Å². The molecule has 1 aliphatic rings. The van der Waals surface area contributed by atoms with E-state index in [9.17, 15) is 4.79 Å². The third kappa shape index (κ3) is 4.52. The van der Waals surface area contributed by atoms with Crippen molar-refractivity contribution in [3.8, 4) is 0 Å². The number of nitrogens with zero attached hydrogens (tertiary/aromatic N) is 1. The van der Waals surface area contributed by atoms with E-state index in [0.29, 0.717) is 12.5 Å². The van der Waals surface area contributed by atoms with Crippen molar-refractivity contribution >= 4 is 23.3 Å². The molecule has 102 valence electrons. The van der Waals surface area contributed by atoms with Gasteiger partial charge in [0.2, 0.25) is 0 Å². The highest BCUT2D eigenvalue weighted by molar-refractivity contribution is 7.13. The van der Waals surface area contributed by atoms with Crippen molar-refractivity contribution in [2.75, 3.05) is 6.54 Å². The monoisotopic (exact) mass is 278 g/mol. The van der Waals surface area contributed by atoms with E-state index < -0.39 is 0 Å². The summed E-state index contributed by atoms with van der Waals surface area (Å²) in [6.07, 6.45) is 1.61. The third-order valence-corrected chi connectivity index (χ3v) is 4.23. The van der Waals surface area contributed by atoms with Gasteiger partial charge in [-0.1, -0.05) is 39.7 Å². The first kappa shape index (κ1) is 14.4. The number of amides is 1. The molecule has 0 radical (unpaired) electrons. The Balaban J connectivity index is 1.73. The zero-order valence-electron chi connectivity index (χ0n) is 11.2. The fraction of sp³-hybridized carbons (Fsp3) is 0.462. The lowest BCUT2D eigenvalue weighted by Crippen LogP contribution is -2.46. The summed E-state index contributed by atoms with van der Waals surface area (Å²) in [6.45, 7) is 1.31. The summed E-state index contributed by atoms with van der Waals surface area (Å²) in [5.74, 6) is 0.471. The fourth-order valence-corrected chi connectivity index (χ4v) is 2.52. The Morgan fingerprint density at radius 3 is 2.89 bits per heavy atom. The van der Waals surface area contributed by atoms with Crippen molar-refractivity contribution in [3.63, 3.8) is 0 Å². The molecule has 0 saturated carbocycles. The highest BCUT2D eigenvalue weighted by Crippen LogP contribution is 2.18. The molecule has 6 heteroatoms. The molecule has 1 N–H and O–H groups in total. The summed E-state index contributed by atoms with van der Waals surface area (Å²) < 4.78 is 7.45. The van der Waals surface area contributed by atoms with Gasteiger partial charge in [-0.2, -0.15) is 0 Å². The number of alkyl carbamates (subject to hydrolysis) is 1. The number of piperidine rings is 1. The zero-order chi connectivity index (χ0) is 13.7. The van der Waals surface area contributed by atoms with Crippen LogP contribution in [-0.2, 0) is 11.3 Å². The quantitative estimate of drug-likeness (QED) is 0.665. The molecule has 3 unspecified atom stereocenters. The lowest BCUT2D eigenvalue weighted by Gasteiger charge is -2.34. The van der Waals surface area contributed by atoms with Crippen LogP contribution in [0, 0.1) is 0 Å². The standard InChI is InChI=1S/C13H20BN2O2P/c14-12-8-11(6-7-16(12)19)15-13(17)18-9-10-4-2-1-3-5-10/h1-5,11-12H,6-9,14,19H2,(H,15,17). The number of hydrogen-bond acceptors (Lipinski definition) is 3. The Bertz CT molecular complexity index is 418. The Morgan fingerprint density at radius 1 is 1.47 bits per heavy atom. The molecule has 1 aromatic rings.